The minimum Gasteiger partial charge on any atom is -0.478 e. The van der Waals surface area contributed by atoms with Crippen LogP contribution in [0.4, 0.5) is 4.39 Å². The monoisotopic (exact) mass is 493 g/mol. The molecule has 1 aromatic rings. The molecular weight excluding hydrogens is 465 g/mol. The first kappa shape index (κ1) is 25.7. The van der Waals surface area contributed by atoms with Crippen molar-refractivity contribution >= 4 is 35.6 Å². The molecule has 34 heavy (non-hydrogen) atoms. The highest BCUT2D eigenvalue weighted by molar-refractivity contribution is 8.00. The number of ether oxygens (including phenoxy) is 2. The topological polar surface area (TPSA) is 110 Å². The summed E-state index contributed by atoms with van der Waals surface area (Å²) in [6.07, 6.45) is 3.49. The number of carbonyl (C=O) groups is 4. The lowest BCUT2D eigenvalue weighted by molar-refractivity contribution is -0.207. The van der Waals surface area contributed by atoms with Gasteiger partial charge in [-0.2, -0.15) is 0 Å². The van der Waals surface area contributed by atoms with Crippen LogP contribution in [0.15, 0.2) is 36.4 Å². The second-order valence-electron chi connectivity index (χ2n) is 8.63. The Morgan fingerprint density at radius 2 is 1.79 bits per heavy atom. The first-order chi connectivity index (χ1) is 16.0. The molecule has 0 bridgehead atoms. The van der Waals surface area contributed by atoms with Crippen molar-refractivity contribution in [2.75, 3.05) is 5.75 Å². The predicted octanol–water partition coefficient (Wildman–Crippen LogP) is 3.46. The van der Waals surface area contributed by atoms with Crippen LogP contribution >= 0.6 is 11.8 Å². The first-order valence-corrected chi connectivity index (χ1v) is 12.0. The van der Waals surface area contributed by atoms with Crippen LogP contribution in [-0.2, 0) is 28.7 Å². The molecule has 0 saturated carbocycles. The van der Waals surface area contributed by atoms with Crippen molar-refractivity contribution < 1.29 is 38.1 Å². The molecule has 5 unspecified atom stereocenters. The van der Waals surface area contributed by atoms with Crippen LogP contribution < -0.4 is 0 Å². The van der Waals surface area contributed by atoms with E-state index in [4.69, 9.17) is 9.47 Å². The Hall–Kier alpha value is -2.88. The highest BCUT2D eigenvalue weighted by atomic mass is 32.2. The molecule has 3 rings (SSSR count). The Labute approximate surface area is 201 Å². The molecule has 2 aliphatic rings. The standard InChI is InChI=1S/C24H28FNO7S/c1-5-6-18-23(4,32-14(2)27)19(11-12-24(18,22(30)31)33-15(3)28)26-20(29)13-34-21(26)16-7-9-17(25)10-8-16/h7-12,18-19,21H,5-6,13H2,1-4H3,(H,30,31). The minimum absolute atomic E-state index is 0.148. The number of hydrogen-bond donors (Lipinski definition) is 1. The number of halogens is 1. The van der Waals surface area contributed by atoms with E-state index in [0.717, 1.165) is 6.92 Å². The number of rotatable bonds is 7. The fourth-order valence-electron chi connectivity index (χ4n) is 5.00. The number of thioether (sulfide) groups is 1. The number of hydrogen-bond acceptors (Lipinski definition) is 7. The van der Waals surface area contributed by atoms with Crippen molar-refractivity contribution in [1.29, 1.82) is 0 Å². The van der Waals surface area contributed by atoms with Gasteiger partial charge in [-0.15, -0.1) is 11.8 Å². The molecule has 1 fully saturated rings. The van der Waals surface area contributed by atoms with E-state index in [1.54, 1.807) is 24.0 Å². The molecule has 1 aromatic carbocycles. The molecule has 1 heterocycles. The van der Waals surface area contributed by atoms with Crippen LogP contribution in [0, 0.1) is 11.7 Å². The van der Waals surface area contributed by atoms with Gasteiger partial charge < -0.3 is 19.5 Å². The second-order valence-corrected chi connectivity index (χ2v) is 9.70. The summed E-state index contributed by atoms with van der Waals surface area (Å²) in [5, 5.41) is 9.66. The number of carbonyl (C=O) groups excluding carboxylic acids is 3. The summed E-state index contributed by atoms with van der Waals surface area (Å²) in [5.74, 6) is -4.35. The number of esters is 2. The Morgan fingerprint density at radius 3 is 2.32 bits per heavy atom. The number of benzene rings is 1. The van der Waals surface area contributed by atoms with Crippen LogP contribution in [0.1, 0.15) is 51.5 Å². The summed E-state index contributed by atoms with van der Waals surface area (Å²) >= 11 is 1.34. The molecule has 10 heteroatoms. The summed E-state index contributed by atoms with van der Waals surface area (Å²) in [4.78, 5) is 51.3. The summed E-state index contributed by atoms with van der Waals surface area (Å²) in [5.41, 5.74) is -2.94. The van der Waals surface area contributed by atoms with Gasteiger partial charge in [0, 0.05) is 13.8 Å². The smallest absolute Gasteiger partial charge is 0.352 e. The molecule has 0 radical (unpaired) electrons. The van der Waals surface area contributed by atoms with E-state index in [2.05, 4.69) is 0 Å². The molecule has 1 aliphatic heterocycles. The average Bonchev–Trinajstić information content (AvgIpc) is 3.11. The molecular formula is C24H28FNO7S. The van der Waals surface area contributed by atoms with Gasteiger partial charge in [0.1, 0.15) is 16.8 Å². The normalized spacial score (nSPS) is 30.8. The van der Waals surface area contributed by atoms with Gasteiger partial charge in [0.05, 0.1) is 17.7 Å². The fraction of sp³-hybridized carbons (Fsp3) is 0.500. The van der Waals surface area contributed by atoms with E-state index in [1.807, 2.05) is 6.92 Å². The maximum atomic E-state index is 13.5. The predicted molar refractivity (Wildman–Crippen MR) is 122 cm³/mol. The average molecular weight is 494 g/mol. The van der Waals surface area contributed by atoms with Crippen molar-refractivity contribution in [3.63, 3.8) is 0 Å². The van der Waals surface area contributed by atoms with Gasteiger partial charge in [-0.25, -0.2) is 9.18 Å². The third-order valence-corrected chi connectivity index (χ3v) is 7.50. The van der Waals surface area contributed by atoms with Crippen LogP contribution in [0.3, 0.4) is 0 Å². The Balaban J connectivity index is 2.19. The molecule has 5 atom stereocenters. The van der Waals surface area contributed by atoms with Crippen molar-refractivity contribution in [3.05, 3.63) is 47.8 Å². The van der Waals surface area contributed by atoms with Gasteiger partial charge in [0.25, 0.3) is 0 Å². The van der Waals surface area contributed by atoms with Crippen molar-refractivity contribution in [2.45, 2.75) is 63.2 Å². The van der Waals surface area contributed by atoms with E-state index in [-0.39, 0.29) is 18.1 Å². The van der Waals surface area contributed by atoms with Gasteiger partial charge in [-0.05, 0) is 37.1 Å². The van der Waals surface area contributed by atoms with Gasteiger partial charge in [0.15, 0.2) is 0 Å². The highest BCUT2D eigenvalue weighted by Crippen LogP contribution is 2.50. The minimum atomic E-state index is -2.08. The van der Waals surface area contributed by atoms with Gasteiger partial charge in [-0.3, -0.25) is 14.4 Å². The van der Waals surface area contributed by atoms with Crippen LogP contribution in [-0.4, -0.2) is 56.8 Å². The quantitative estimate of drug-likeness (QED) is 0.454. The Kier molecular flexibility index (Phi) is 7.40. The molecule has 184 valence electrons. The van der Waals surface area contributed by atoms with E-state index >= 15 is 0 Å². The molecule has 0 aromatic heterocycles. The Morgan fingerprint density at radius 1 is 1.18 bits per heavy atom. The number of aliphatic carboxylic acids is 1. The zero-order chi connectivity index (χ0) is 25.3. The summed E-state index contributed by atoms with van der Waals surface area (Å²) in [6, 6.07) is 4.91. The van der Waals surface area contributed by atoms with Gasteiger partial charge in [-0.1, -0.05) is 31.6 Å². The molecule has 1 aliphatic carbocycles. The molecule has 1 amide bonds. The lowest BCUT2D eigenvalue weighted by atomic mass is 9.65. The summed E-state index contributed by atoms with van der Waals surface area (Å²) in [6.45, 7) is 5.72. The van der Waals surface area contributed by atoms with E-state index in [1.165, 1.54) is 43.0 Å². The van der Waals surface area contributed by atoms with E-state index < -0.39 is 52.3 Å². The second kappa shape index (κ2) is 9.77. The SMILES string of the molecule is CCCC1C(OC(C)=O)(C(=O)O)C=CC(N2C(=O)CSC2c2ccc(F)cc2)C1(C)OC(C)=O. The number of carboxylic acids is 1. The maximum Gasteiger partial charge on any atom is 0.352 e. The zero-order valence-electron chi connectivity index (χ0n) is 19.4. The van der Waals surface area contributed by atoms with E-state index in [0.29, 0.717) is 12.0 Å². The van der Waals surface area contributed by atoms with Gasteiger partial charge >= 0.3 is 17.9 Å². The largest absolute Gasteiger partial charge is 0.478 e. The molecule has 1 N–H and O–H groups in total. The third kappa shape index (κ3) is 4.55. The van der Waals surface area contributed by atoms with Crippen molar-refractivity contribution in [3.8, 4) is 0 Å². The lowest BCUT2D eigenvalue weighted by Crippen LogP contribution is -2.67. The van der Waals surface area contributed by atoms with Crippen molar-refractivity contribution in [1.82, 2.24) is 4.90 Å². The van der Waals surface area contributed by atoms with E-state index in [9.17, 15) is 28.7 Å². The van der Waals surface area contributed by atoms with Crippen LogP contribution in [0.5, 0.6) is 0 Å². The third-order valence-electron chi connectivity index (χ3n) is 6.27. The first-order valence-electron chi connectivity index (χ1n) is 11.0. The molecule has 1 saturated heterocycles. The summed E-state index contributed by atoms with van der Waals surface area (Å²) in [7, 11) is 0. The lowest BCUT2D eigenvalue weighted by Gasteiger charge is -2.53. The number of carboxylic acid groups (broad SMARTS) is 1. The Bertz CT molecular complexity index is 1010. The maximum absolute atomic E-state index is 13.5. The fourth-order valence-corrected chi connectivity index (χ4v) is 6.21. The van der Waals surface area contributed by atoms with Gasteiger partial charge in [0.2, 0.25) is 11.5 Å². The summed E-state index contributed by atoms with van der Waals surface area (Å²) < 4.78 is 24.7. The molecule has 0 spiro atoms. The number of amides is 1. The van der Waals surface area contributed by atoms with Crippen LogP contribution in [0.2, 0.25) is 0 Å². The zero-order valence-corrected chi connectivity index (χ0v) is 20.3. The van der Waals surface area contributed by atoms with Crippen molar-refractivity contribution in [2.24, 2.45) is 5.92 Å². The van der Waals surface area contributed by atoms with Crippen LogP contribution in [0.25, 0.3) is 0 Å². The molecule has 8 nitrogen and oxygen atoms in total. The highest BCUT2D eigenvalue weighted by Gasteiger charge is 2.63. The number of nitrogens with zero attached hydrogens (tertiary/aromatic N) is 1.